The second-order valence-corrected chi connectivity index (χ2v) is 27.9. The molecule has 33 nitrogen and oxygen atoms in total. The highest BCUT2D eigenvalue weighted by Gasteiger charge is 2.45. The number of ether oxygens (including phenoxy) is 2. The Morgan fingerprint density at radius 1 is 0.642 bits per heavy atom. The number of rotatable bonds is 43. The van der Waals surface area contributed by atoms with Crippen LogP contribution >= 0.6 is 0 Å². The molecule has 3 heterocycles. The van der Waals surface area contributed by atoms with E-state index in [1.165, 1.54) is 57.8 Å². The van der Waals surface area contributed by atoms with Crippen molar-refractivity contribution in [2.45, 2.75) is 248 Å². The minimum atomic E-state index is -1.65. The van der Waals surface area contributed by atoms with Crippen LogP contribution < -0.4 is 76.1 Å². The summed E-state index contributed by atoms with van der Waals surface area (Å²) in [4.78, 5) is 186. The number of hydrogen-bond acceptors (Lipinski definition) is 19. The van der Waals surface area contributed by atoms with Crippen LogP contribution in [-0.2, 0) is 84.6 Å². The summed E-state index contributed by atoms with van der Waals surface area (Å²) >= 11 is 0. The number of imide groups is 1. The van der Waals surface area contributed by atoms with Crippen LogP contribution in [0, 0.1) is 0 Å². The molecule has 0 saturated carbocycles. The number of nitrogens with one attached hydrogen (secondary N) is 11. The Hall–Kier alpha value is -9.60. The summed E-state index contributed by atoms with van der Waals surface area (Å²) in [5.41, 5.74) is 24.4. The third-order valence-electron chi connectivity index (χ3n) is 19.0. The molecule has 0 radical (unpaired) electrons. The van der Waals surface area contributed by atoms with Crippen LogP contribution in [0.2, 0.25) is 0 Å². The number of amides is 12. The zero-order valence-electron chi connectivity index (χ0n) is 63.4. The van der Waals surface area contributed by atoms with Gasteiger partial charge in [-0.05, 0) is 75.0 Å². The van der Waals surface area contributed by atoms with E-state index in [0.29, 0.717) is 30.4 Å². The van der Waals surface area contributed by atoms with Gasteiger partial charge in [-0.25, -0.2) is 0 Å². The molecule has 20 N–H and O–H groups in total. The van der Waals surface area contributed by atoms with Gasteiger partial charge in [-0.15, -0.1) is 0 Å². The molecular formula is C76H119N17O16. The van der Waals surface area contributed by atoms with Crippen molar-refractivity contribution < 1.29 is 76.9 Å². The fourth-order valence-corrected chi connectivity index (χ4v) is 13.0. The van der Waals surface area contributed by atoms with Gasteiger partial charge in [-0.3, -0.25) is 83.3 Å². The summed E-state index contributed by atoms with van der Waals surface area (Å²) in [7, 11) is 0. The number of esters is 1. The minimum Gasteiger partial charge on any atom is -0.462 e. The number of carbonyl (C=O) groups excluding carboxylic acids is 13. The smallest absolute Gasteiger partial charge is 0.320 e. The summed E-state index contributed by atoms with van der Waals surface area (Å²) in [5.74, 6) is -10.1. The Morgan fingerprint density at radius 3 is 1.96 bits per heavy atom. The Bertz CT molecular complexity index is 3430. The number of aromatic nitrogens is 1. The molecule has 0 bridgehead atoms. The molecule has 9 atom stereocenters. The van der Waals surface area contributed by atoms with Gasteiger partial charge in [0.1, 0.15) is 42.9 Å². The first-order valence-electron chi connectivity index (χ1n) is 38.8. The maximum atomic E-state index is 15.0. The number of unbranched alkanes of at least 4 members (excludes halogenated alkanes) is 13. The Balaban J connectivity index is 1.21. The minimum absolute atomic E-state index is 0.0235. The number of primary amides is 2. The van der Waals surface area contributed by atoms with Crippen molar-refractivity contribution in [1.82, 2.24) is 63.1 Å². The number of guanidine groups is 1. The summed E-state index contributed by atoms with van der Waals surface area (Å²) in [6, 6.07) is 4.88. The van der Waals surface area contributed by atoms with Crippen molar-refractivity contribution >= 4 is 93.7 Å². The van der Waals surface area contributed by atoms with Crippen molar-refractivity contribution in [3.05, 3.63) is 71.9 Å². The van der Waals surface area contributed by atoms with E-state index in [4.69, 9.17) is 32.4 Å². The Labute approximate surface area is 638 Å². The molecule has 2 aliphatic heterocycles. The van der Waals surface area contributed by atoms with Gasteiger partial charge >= 0.3 is 5.97 Å². The number of aliphatic hydroxyl groups is 1. The largest absolute Gasteiger partial charge is 0.462 e. The van der Waals surface area contributed by atoms with Crippen molar-refractivity contribution in [3.63, 3.8) is 0 Å². The quantitative estimate of drug-likeness (QED) is 0.0161. The second kappa shape index (κ2) is 50.9. The second-order valence-electron chi connectivity index (χ2n) is 27.9. The molecule has 33 heteroatoms. The van der Waals surface area contributed by atoms with Gasteiger partial charge in [-0.1, -0.05) is 152 Å². The summed E-state index contributed by atoms with van der Waals surface area (Å²) < 4.78 is 10.9. The average Bonchev–Trinajstić information content (AvgIpc) is 1.64. The number of nitrogens with two attached hydrogens (primary N) is 4. The van der Waals surface area contributed by atoms with Gasteiger partial charge in [0.25, 0.3) is 0 Å². The van der Waals surface area contributed by atoms with Crippen LogP contribution in [0.15, 0.2) is 65.8 Å². The van der Waals surface area contributed by atoms with Gasteiger partial charge in [0.2, 0.25) is 70.9 Å². The highest BCUT2D eigenvalue weighted by molar-refractivity contribution is 5.99. The van der Waals surface area contributed by atoms with Crippen molar-refractivity contribution in [3.8, 4) is 0 Å². The monoisotopic (exact) mass is 1530 g/mol. The number of fused-ring (bicyclic) bond motifs is 2. The van der Waals surface area contributed by atoms with Crippen LogP contribution in [0.25, 0.3) is 10.9 Å². The first-order chi connectivity index (χ1) is 52.5. The SMILES string of the molecule is CCCCCCCCCCCCCCCC(=O)NC(=O)CNC(CC(N)=O)C(=O)NCCOCCOC(=O)CN[C@@H](CCCC)C(=O)N[C@H]1CCC(=O)NCCCC[C@@H](C(N)=O)NC(=O)[C@H](Cc2c[nH]c3ccccc23)NC(=O)[C@H](CCCN=C(N)N)NC(=O)[C@@H](Cc2ccccc2)NC(=O)[C@@H]2[C@@H](O)CCN2C1=O. The average molecular weight is 1530 g/mol. The molecule has 0 aliphatic carbocycles. The van der Waals surface area contributed by atoms with E-state index < -0.39 is 151 Å². The van der Waals surface area contributed by atoms with Crippen LogP contribution in [-0.4, -0.2) is 211 Å². The topological polar surface area (TPSA) is 516 Å². The van der Waals surface area contributed by atoms with E-state index in [1.54, 1.807) is 42.6 Å². The Morgan fingerprint density at radius 2 is 1.28 bits per heavy atom. The zero-order valence-corrected chi connectivity index (χ0v) is 63.4. The number of aromatic amines is 1. The molecule has 12 amide bonds. The molecule has 2 fully saturated rings. The van der Waals surface area contributed by atoms with E-state index in [9.17, 15) is 62.6 Å². The summed E-state index contributed by atoms with van der Waals surface area (Å²) in [6.45, 7) is 2.59. The zero-order chi connectivity index (χ0) is 79.3. The lowest BCUT2D eigenvalue weighted by molar-refractivity contribution is -0.145. The van der Waals surface area contributed by atoms with Crippen LogP contribution in [0.3, 0.4) is 0 Å². The van der Waals surface area contributed by atoms with Gasteiger partial charge in [0.05, 0.1) is 50.9 Å². The van der Waals surface area contributed by atoms with Crippen LogP contribution in [0.5, 0.6) is 0 Å². The highest BCUT2D eigenvalue weighted by atomic mass is 16.6. The van der Waals surface area contributed by atoms with Gasteiger partial charge < -0.3 is 84.6 Å². The molecule has 1 aromatic heterocycles. The molecule has 109 heavy (non-hydrogen) atoms. The number of H-pyrrole nitrogens is 1. The van der Waals surface area contributed by atoms with E-state index in [-0.39, 0.29) is 129 Å². The Kier molecular flexibility index (Phi) is 42.1. The highest BCUT2D eigenvalue weighted by Crippen LogP contribution is 2.24. The number of carbonyl (C=O) groups is 13. The van der Waals surface area contributed by atoms with Crippen molar-refractivity contribution in [2.24, 2.45) is 27.9 Å². The molecule has 604 valence electrons. The molecule has 3 aromatic rings. The van der Waals surface area contributed by atoms with Crippen LogP contribution in [0.4, 0.5) is 0 Å². The number of benzene rings is 2. The number of aliphatic imine (C=N–C) groups is 1. The van der Waals surface area contributed by atoms with Crippen molar-refractivity contribution in [1.29, 1.82) is 0 Å². The molecule has 2 aliphatic rings. The summed E-state index contributed by atoms with van der Waals surface area (Å²) in [6.07, 6.45) is 15.7. The number of hydrogen-bond donors (Lipinski definition) is 16. The molecule has 0 spiro atoms. The number of aliphatic hydroxyl groups excluding tert-OH is 1. The summed E-state index contributed by atoms with van der Waals surface area (Å²) in [5, 5.41) is 39.3. The van der Waals surface area contributed by atoms with Crippen LogP contribution in [0.1, 0.15) is 192 Å². The standard InChI is InChI=1S/C76H119N17O16/c1-3-5-7-8-9-10-11-12-13-14-15-16-20-33-64(97)92-65(98)48-85-58(46-62(77)95)69(101)82-39-41-108-42-43-109-66(99)49-86-55(29-6-4-2)70(102)89-57-34-35-63(96)81-37-24-23-31-54(68(78)100)87-73(105)60(45-51-47-84-53-30-22-21-28-52(51)53)90-71(103)56(32-25-38-83-76(79)80)88-72(104)59(44-50-26-18-17-19-27-50)91-74(106)67-61(94)36-40-93(67)75(57)107/h17-19,21-22,26-28,30,47,54-61,67,84-86,94H,3-16,20,23-25,29,31-46,48-49H2,1-2H3,(H2,77,95)(H2,78,100)(H,81,96)(H,82,101)(H,87,105)(H,88,104)(H,89,102)(H,90,103)(H,91,106)(H4,79,80,83)(H,92,97,98)/t54-,55-,56-,57-,58?,59+,60-,61-,67-/m0/s1. The molecule has 5 rings (SSSR count). The maximum absolute atomic E-state index is 15.0. The third kappa shape index (κ3) is 34.7. The normalized spacial score (nSPS) is 19.8. The van der Waals surface area contributed by atoms with Gasteiger partial charge in [0.15, 0.2) is 5.96 Å². The van der Waals surface area contributed by atoms with Crippen molar-refractivity contribution in [2.75, 3.05) is 59.1 Å². The van der Waals surface area contributed by atoms with E-state index in [0.717, 1.165) is 35.1 Å². The van der Waals surface area contributed by atoms with Gasteiger partial charge in [0, 0.05) is 69.0 Å². The predicted octanol–water partition coefficient (Wildman–Crippen LogP) is 0.740. The van der Waals surface area contributed by atoms with Gasteiger partial charge in [-0.2, -0.15) is 0 Å². The fraction of sp³-hybridized carbons (Fsp3) is 0.632. The molecular weight excluding hydrogens is 1410 g/mol. The first kappa shape index (κ1) is 90.0. The van der Waals surface area contributed by atoms with E-state index >= 15 is 4.79 Å². The third-order valence-corrected chi connectivity index (χ3v) is 19.0. The lowest BCUT2D eigenvalue weighted by Gasteiger charge is -2.32. The lowest BCUT2D eigenvalue weighted by Crippen LogP contribution is -2.61. The molecule has 2 saturated heterocycles. The molecule has 1 unspecified atom stereocenters. The maximum Gasteiger partial charge on any atom is 0.320 e. The molecule has 2 aromatic carbocycles. The predicted molar refractivity (Wildman–Crippen MR) is 408 cm³/mol. The number of para-hydroxylation sites is 1. The van der Waals surface area contributed by atoms with E-state index in [2.05, 4.69) is 70.1 Å². The van der Waals surface area contributed by atoms with E-state index in [1.807, 2.05) is 25.1 Å². The number of nitrogens with zero attached hydrogens (tertiary/aromatic N) is 2. The lowest BCUT2D eigenvalue weighted by atomic mass is 10.0. The fourth-order valence-electron chi connectivity index (χ4n) is 13.0. The first-order valence-corrected chi connectivity index (χ1v) is 38.8.